The van der Waals surface area contributed by atoms with Gasteiger partial charge in [0.2, 0.25) is 0 Å². The third-order valence-electron chi connectivity index (χ3n) is 3.20. The number of hydrogen-bond donors (Lipinski definition) is 0. The van der Waals surface area contributed by atoms with Crippen molar-refractivity contribution in [3.05, 3.63) is 0 Å². The molecule has 3 nitrogen and oxygen atoms in total. The zero-order valence-electron chi connectivity index (χ0n) is 9.38. The first-order chi connectivity index (χ1) is 6.91. The molecule has 2 atom stereocenters. The molecule has 0 aromatic heterocycles. The monoisotopic (exact) mass is 232 g/mol. The smallest absolute Gasteiger partial charge is 0.334 e. The van der Waals surface area contributed by atoms with E-state index in [1.807, 2.05) is 0 Å². The summed E-state index contributed by atoms with van der Waals surface area (Å²) in [4.78, 5) is 21.8. The number of ketones is 1. The van der Waals surface area contributed by atoms with E-state index in [1.165, 1.54) is 7.11 Å². The number of rotatable bonds is 2. The Morgan fingerprint density at radius 2 is 2.20 bits per heavy atom. The van der Waals surface area contributed by atoms with E-state index in [0.29, 0.717) is 24.7 Å². The van der Waals surface area contributed by atoms with Gasteiger partial charge in [0.25, 0.3) is 0 Å². The molecule has 15 heavy (non-hydrogen) atoms. The molecule has 1 aliphatic carbocycles. The lowest BCUT2D eigenvalue weighted by atomic mass is 9.75. The Hall–Kier alpha value is -0.570. The summed E-state index contributed by atoms with van der Waals surface area (Å²) >= 11 is 6.02. The average Bonchev–Trinajstić information content (AvgIpc) is 2.20. The Kier molecular flexibility index (Phi) is 3.77. The van der Waals surface area contributed by atoms with Gasteiger partial charge in [-0.3, -0.25) is 4.79 Å². The Labute approximate surface area is 95.1 Å². The fourth-order valence-electron chi connectivity index (χ4n) is 1.97. The second-order valence-corrected chi connectivity index (χ2v) is 5.11. The maximum atomic E-state index is 11.8. The third-order valence-corrected chi connectivity index (χ3v) is 3.76. The first-order valence-electron chi connectivity index (χ1n) is 5.22. The number of Topliss-reactive ketones (excluding diaryl/α,β-unsaturated/α-hetero) is 1. The van der Waals surface area contributed by atoms with Crippen molar-refractivity contribution in [1.29, 1.82) is 0 Å². The van der Waals surface area contributed by atoms with Crippen molar-refractivity contribution >= 4 is 23.4 Å². The summed E-state index contributed by atoms with van der Waals surface area (Å²) in [5.41, 5.74) is 0. The minimum Gasteiger partial charge on any atom is -0.467 e. The molecule has 0 aromatic carbocycles. The highest BCUT2D eigenvalue weighted by Gasteiger charge is 2.48. The van der Waals surface area contributed by atoms with Crippen LogP contribution >= 0.6 is 11.6 Å². The zero-order chi connectivity index (χ0) is 11.6. The van der Waals surface area contributed by atoms with Crippen molar-refractivity contribution in [2.75, 3.05) is 7.11 Å². The number of hydrogen-bond acceptors (Lipinski definition) is 3. The maximum absolute atomic E-state index is 11.8. The molecular formula is C11H17ClO3. The number of ether oxygens (including phenoxy) is 1. The molecule has 1 fully saturated rings. The predicted octanol–water partition coefficient (Wildman–Crippen LogP) is 2.16. The highest BCUT2D eigenvalue weighted by molar-refractivity contribution is 6.45. The van der Waals surface area contributed by atoms with E-state index in [4.69, 9.17) is 11.6 Å². The Bertz CT molecular complexity index is 275. The molecule has 0 aliphatic heterocycles. The van der Waals surface area contributed by atoms with Crippen LogP contribution in [-0.4, -0.2) is 23.7 Å². The lowest BCUT2D eigenvalue weighted by Crippen LogP contribution is -2.46. The number of carbonyl (C=O) groups excluding carboxylic acids is 2. The minimum atomic E-state index is -1.42. The molecule has 4 heteroatoms. The number of alkyl halides is 1. The summed E-state index contributed by atoms with van der Waals surface area (Å²) in [6, 6.07) is 0. The van der Waals surface area contributed by atoms with Crippen LogP contribution in [0, 0.1) is 11.8 Å². The van der Waals surface area contributed by atoms with E-state index in [-0.39, 0.29) is 5.78 Å². The molecule has 0 bridgehead atoms. The van der Waals surface area contributed by atoms with Crippen molar-refractivity contribution in [2.24, 2.45) is 11.8 Å². The van der Waals surface area contributed by atoms with Gasteiger partial charge in [-0.05, 0) is 24.7 Å². The van der Waals surface area contributed by atoms with Gasteiger partial charge >= 0.3 is 5.97 Å². The first kappa shape index (κ1) is 12.5. The molecule has 1 rings (SSSR count). The van der Waals surface area contributed by atoms with Crippen LogP contribution in [0.3, 0.4) is 0 Å². The van der Waals surface area contributed by atoms with E-state index in [1.54, 1.807) is 0 Å². The van der Waals surface area contributed by atoms with Gasteiger partial charge in [0, 0.05) is 6.42 Å². The summed E-state index contributed by atoms with van der Waals surface area (Å²) in [5.74, 6) is -0.0146. The van der Waals surface area contributed by atoms with Gasteiger partial charge in [0.1, 0.15) is 0 Å². The van der Waals surface area contributed by atoms with E-state index < -0.39 is 10.8 Å². The average molecular weight is 233 g/mol. The van der Waals surface area contributed by atoms with E-state index in [9.17, 15) is 9.59 Å². The van der Waals surface area contributed by atoms with E-state index in [0.717, 1.165) is 6.42 Å². The Balaban J connectivity index is 2.75. The SMILES string of the molecule is COC(=O)[C@@]1(Cl)CC[C@H](C(C)C)CC1=O. The molecule has 1 saturated carbocycles. The van der Waals surface area contributed by atoms with Gasteiger partial charge in [-0.15, -0.1) is 0 Å². The number of carbonyl (C=O) groups is 2. The number of halogens is 1. The van der Waals surface area contributed by atoms with Gasteiger partial charge < -0.3 is 4.74 Å². The maximum Gasteiger partial charge on any atom is 0.334 e. The van der Waals surface area contributed by atoms with Crippen LogP contribution in [0.15, 0.2) is 0 Å². The topological polar surface area (TPSA) is 43.4 Å². The van der Waals surface area contributed by atoms with Crippen molar-refractivity contribution in [3.63, 3.8) is 0 Å². The Morgan fingerprint density at radius 1 is 1.60 bits per heavy atom. The summed E-state index contributed by atoms with van der Waals surface area (Å²) in [6.07, 6.45) is 1.58. The van der Waals surface area contributed by atoms with Gasteiger partial charge in [-0.25, -0.2) is 4.79 Å². The standard InChI is InChI=1S/C11H17ClO3/c1-7(2)8-4-5-11(12,9(13)6-8)10(14)15-3/h7-8H,4-6H2,1-3H3/t8-,11+/m0/s1. The highest BCUT2D eigenvalue weighted by Crippen LogP contribution is 2.38. The van der Waals surface area contributed by atoms with Crippen LogP contribution in [0.1, 0.15) is 33.1 Å². The van der Waals surface area contributed by atoms with Gasteiger partial charge in [0.05, 0.1) is 7.11 Å². The number of esters is 1. The molecule has 0 N–H and O–H groups in total. The normalized spacial score (nSPS) is 31.8. The van der Waals surface area contributed by atoms with Crippen molar-refractivity contribution in [3.8, 4) is 0 Å². The fraction of sp³-hybridized carbons (Fsp3) is 0.818. The van der Waals surface area contributed by atoms with Crippen LogP contribution in [-0.2, 0) is 14.3 Å². The van der Waals surface area contributed by atoms with Crippen LogP contribution in [0.5, 0.6) is 0 Å². The first-order valence-corrected chi connectivity index (χ1v) is 5.60. The second-order valence-electron chi connectivity index (χ2n) is 4.46. The lowest BCUT2D eigenvalue weighted by Gasteiger charge is -2.33. The van der Waals surface area contributed by atoms with E-state index >= 15 is 0 Å². The zero-order valence-corrected chi connectivity index (χ0v) is 10.1. The van der Waals surface area contributed by atoms with Crippen LogP contribution in [0.2, 0.25) is 0 Å². The van der Waals surface area contributed by atoms with Gasteiger partial charge in [0.15, 0.2) is 10.7 Å². The predicted molar refractivity (Wildman–Crippen MR) is 57.8 cm³/mol. The molecule has 0 heterocycles. The van der Waals surface area contributed by atoms with Crippen molar-refractivity contribution < 1.29 is 14.3 Å². The summed E-state index contributed by atoms with van der Waals surface area (Å²) in [6.45, 7) is 4.16. The lowest BCUT2D eigenvalue weighted by molar-refractivity contribution is -0.149. The van der Waals surface area contributed by atoms with Crippen LogP contribution in [0.4, 0.5) is 0 Å². The highest BCUT2D eigenvalue weighted by atomic mass is 35.5. The molecular weight excluding hydrogens is 216 g/mol. The minimum absolute atomic E-state index is 0.194. The molecule has 0 aromatic rings. The molecule has 0 radical (unpaired) electrons. The molecule has 86 valence electrons. The van der Waals surface area contributed by atoms with Crippen molar-refractivity contribution in [2.45, 2.75) is 38.0 Å². The molecule has 0 amide bonds. The molecule has 0 spiro atoms. The van der Waals surface area contributed by atoms with Crippen LogP contribution in [0.25, 0.3) is 0 Å². The summed E-state index contributed by atoms with van der Waals surface area (Å²) in [7, 11) is 1.26. The molecule has 0 saturated heterocycles. The number of methoxy groups -OCH3 is 1. The molecule has 0 unspecified atom stereocenters. The Morgan fingerprint density at radius 3 is 2.60 bits per heavy atom. The second kappa shape index (κ2) is 4.52. The summed E-state index contributed by atoms with van der Waals surface area (Å²) < 4.78 is 4.57. The largest absolute Gasteiger partial charge is 0.467 e. The fourth-order valence-corrected chi connectivity index (χ4v) is 2.24. The third kappa shape index (κ3) is 2.33. The quantitative estimate of drug-likeness (QED) is 0.416. The van der Waals surface area contributed by atoms with Gasteiger partial charge in [-0.2, -0.15) is 0 Å². The van der Waals surface area contributed by atoms with Crippen LogP contribution < -0.4 is 0 Å². The van der Waals surface area contributed by atoms with Gasteiger partial charge in [-0.1, -0.05) is 25.4 Å². The van der Waals surface area contributed by atoms with Crippen molar-refractivity contribution in [1.82, 2.24) is 0 Å². The molecule has 1 aliphatic rings. The van der Waals surface area contributed by atoms with E-state index in [2.05, 4.69) is 18.6 Å². The summed E-state index contributed by atoms with van der Waals surface area (Å²) in [5, 5.41) is 0.